The number of para-hydroxylation sites is 2. The van der Waals surface area contributed by atoms with E-state index in [-0.39, 0.29) is 18.1 Å². The first kappa shape index (κ1) is 16.3. The van der Waals surface area contributed by atoms with Gasteiger partial charge in [0.1, 0.15) is 5.75 Å². The summed E-state index contributed by atoms with van der Waals surface area (Å²) in [4.78, 5) is 22.2. The van der Waals surface area contributed by atoms with Crippen LogP contribution < -0.4 is 15.4 Å². The molecule has 7 heteroatoms. The van der Waals surface area contributed by atoms with Crippen molar-refractivity contribution in [3.8, 4) is 5.75 Å². The van der Waals surface area contributed by atoms with Gasteiger partial charge in [-0.25, -0.2) is 0 Å². The van der Waals surface area contributed by atoms with E-state index in [0.717, 1.165) is 0 Å². The van der Waals surface area contributed by atoms with Gasteiger partial charge in [0.2, 0.25) is 5.91 Å². The Balaban J connectivity index is 1.95. The molecule has 0 aliphatic carbocycles. The molecule has 2 rings (SSSR count). The Morgan fingerprint density at radius 1 is 1.22 bits per heavy atom. The van der Waals surface area contributed by atoms with E-state index in [4.69, 9.17) is 4.74 Å². The number of rotatable bonds is 7. The van der Waals surface area contributed by atoms with Crippen molar-refractivity contribution in [2.24, 2.45) is 0 Å². The van der Waals surface area contributed by atoms with Crippen LogP contribution in [0.3, 0.4) is 0 Å². The number of amides is 1. The molecule has 7 nitrogen and oxygen atoms in total. The second-order valence-electron chi connectivity index (χ2n) is 4.64. The largest absolute Gasteiger partial charge is 0.492 e. The van der Waals surface area contributed by atoms with Crippen LogP contribution >= 0.6 is 0 Å². The van der Waals surface area contributed by atoms with Gasteiger partial charge >= 0.3 is 0 Å². The molecule has 0 saturated carbocycles. The summed E-state index contributed by atoms with van der Waals surface area (Å²) in [6.07, 6.45) is 0. The summed E-state index contributed by atoms with van der Waals surface area (Å²) in [6.45, 7) is 2.35. The van der Waals surface area contributed by atoms with Gasteiger partial charge in [-0.3, -0.25) is 14.9 Å². The van der Waals surface area contributed by atoms with Crippen LogP contribution in [0.2, 0.25) is 0 Å². The first-order valence-electron chi connectivity index (χ1n) is 7.10. The van der Waals surface area contributed by atoms with E-state index >= 15 is 0 Å². The second-order valence-corrected chi connectivity index (χ2v) is 4.64. The number of hydrogen-bond donors (Lipinski definition) is 2. The zero-order valence-corrected chi connectivity index (χ0v) is 12.6. The van der Waals surface area contributed by atoms with E-state index in [0.29, 0.717) is 23.7 Å². The van der Waals surface area contributed by atoms with Gasteiger partial charge in [0.25, 0.3) is 5.69 Å². The van der Waals surface area contributed by atoms with Crippen LogP contribution in [-0.4, -0.2) is 24.0 Å². The normalized spacial score (nSPS) is 9.96. The molecule has 0 aromatic heterocycles. The molecular formula is C16H17N3O4. The molecule has 0 atom stereocenters. The van der Waals surface area contributed by atoms with Gasteiger partial charge in [0, 0.05) is 17.8 Å². The predicted octanol–water partition coefficient (Wildman–Crippen LogP) is 3.04. The van der Waals surface area contributed by atoms with Crippen molar-refractivity contribution < 1.29 is 14.5 Å². The third kappa shape index (κ3) is 4.70. The molecule has 2 aromatic rings. The monoisotopic (exact) mass is 315 g/mol. The Morgan fingerprint density at radius 3 is 2.74 bits per heavy atom. The van der Waals surface area contributed by atoms with Crippen LogP contribution in [0.1, 0.15) is 6.92 Å². The van der Waals surface area contributed by atoms with Gasteiger partial charge in [-0.2, -0.15) is 0 Å². The molecule has 0 radical (unpaired) electrons. The van der Waals surface area contributed by atoms with Crippen LogP contribution in [0, 0.1) is 10.1 Å². The highest BCUT2D eigenvalue weighted by atomic mass is 16.6. The number of hydrogen-bond acceptors (Lipinski definition) is 5. The van der Waals surface area contributed by atoms with Crippen molar-refractivity contribution in [2.45, 2.75) is 6.92 Å². The predicted molar refractivity (Wildman–Crippen MR) is 87.8 cm³/mol. The summed E-state index contributed by atoms with van der Waals surface area (Å²) < 4.78 is 5.43. The van der Waals surface area contributed by atoms with E-state index < -0.39 is 4.92 Å². The maximum absolute atomic E-state index is 12.0. The van der Waals surface area contributed by atoms with Crippen molar-refractivity contribution in [1.82, 2.24) is 0 Å². The van der Waals surface area contributed by atoms with Gasteiger partial charge in [-0.1, -0.05) is 18.2 Å². The van der Waals surface area contributed by atoms with E-state index in [2.05, 4.69) is 10.6 Å². The number of carbonyl (C=O) groups excluding carboxylic acids is 1. The fraction of sp³-hybridized carbons (Fsp3) is 0.188. The maximum Gasteiger partial charge on any atom is 0.271 e. The Labute approximate surface area is 133 Å². The Kier molecular flexibility index (Phi) is 5.51. The topological polar surface area (TPSA) is 93.5 Å². The highest BCUT2D eigenvalue weighted by Crippen LogP contribution is 2.23. The quantitative estimate of drug-likeness (QED) is 0.605. The summed E-state index contributed by atoms with van der Waals surface area (Å²) >= 11 is 0. The van der Waals surface area contributed by atoms with Crippen molar-refractivity contribution in [3.05, 3.63) is 58.6 Å². The lowest BCUT2D eigenvalue weighted by Gasteiger charge is -2.12. The van der Waals surface area contributed by atoms with Crippen LogP contribution in [-0.2, 0) is 4.79 Å². The van der Waals surface area contributed by atoms with Crippen LogP contribution in [0.25, 0.3) is 0 Å². The van der Waals surface area contributed by atoms with E-state index in [1.54, 1.807) is 30.3 Å². The Hall–Kier alpha value is -3.09. The zero-order chi connectivity index (χ0) is 16.7. The van der Waals surface area contributed by atoms with Crippen molar-refractivity contribution in [3.63, 3.8) is 0 Å². The minimum absolute atomic E-state index is 0.0123. The smallest absolute Gasteiger partial charge is 0.271 e. The van der Waals surface area contributed by atoms with E-state index in [1.807, 2.05) is 13.0 Å². The van der Waals surface area contributed by atoms with Crippen molar-refractivity contribution >= 4 is 23.0 Å². The minimum atomic E-state index is -0.483. The summed E-state index contributed by atoms with van der Waals surface area (Å²) in [5, 5.41) is 16.3. The molecule has 0 aliphatic heterocycles. The number of anilines is 2. The second kappa shape index (κ2) is 7.79. The molecule has 2 aromatic carbocycles. The average Bonchev–Trinajstić information content (AvgIpc) is 2.55. The lowest BCUT2D eigenvalue weighted by molar-refractivity contribution is -0.384. The fourth-order valence-electron chi connectivity index (χ4n) is 1.96. The van der Waals surface area contributed by atoms with Gasteiger partial charge in [-0.05, 0) is 25.1 Å². The molecule has 0 bridgehead atoms. The van der Waals surface area contributed by atoms with E-state index in [9.17, 15) is 14.9 Å². The highest BCUT2D eigenvalue weighted by Gasteiger charge is 2.09. The van der Waals surface area contributed by atoms with Gasteiger partial charge in [0.15, 0.2) is 0 Å². The van der Waals surface area contributed by atoms with Crippen LogP contribution in [0.5, 0.6) is 5.75 Å². The number of nitrogens with zero attached hydrogens (tertiary/aromatic N) is 1. The van der Waals surface area contributed by atoms with Gasteiger partial charge in [-0.15, -0.1) is 0 Å². The average molecular weight is 315 g/mol. The van der Waals surface area contributed by atoms with Crippen LogP contribution in [0.4, 0.5) is 17.1 Å². The maximum atomic E-state index is 12.0. The summed E-state index contributed by atoms with van der Waals surface area (Å²) in [5.74, 6) is 0.322. The molecule has 0 aliphatic rings. The lowest BCUT2D eigenvalue weighted by Crippen LogP contribution is -2.22. The fourth-order valence-corrected chi connectivity index (χ4v) is 1.96. The van der Waals surface area contributed by atoms with Crippen LogP contribution in [0.15, 0.2) is 48.5 Å². The molecule has 1 amide bonds. The molecule has 2 N–H and O–H groups in total. The summed E-state index contributed by atoms with van der Waals surface area (Å²) in [6, 6.07) is 13.1. The van der Waals surface area contributed by atoms with Crippen molar-refractivity contribution in [1.29, 1.82) is 0 Å². The molecule has 0 unspecified atom stereocenters. The highest BCUT2D eigenvalue weighted by molar-refractivity contribution is 5.95. The number of non-ortho nitro benzene ring substituents is 1. The molecule has 0 heterocycles. The Morgan fingerprint density at radius 2 is 2.00 bits per heavy atom. The molecule has 0 saturated heterocycles. The molecule has 120 valence electrons. The number of nitro benzene ring substituents is 1. The molecular weight excluding hydrogens is 298 g/mol. The van der Waals surface area contributed by atoms with E-state index in [1.165, 1.54) is 12.1 Å². The Bertz CT molecular complexity index is 703. The SMILES string of the molecule is CCOc1ccccc1NC(=O)CNc1cccc([N+](=O)[O-])c1. The zero-order valence-electron chi connectivity index (χ0n) is 12.6. The summed E-state index contributed by atoms with van der Waals surface area (Å²) in [5.41, 5.74) is 1.06. The third-order valence-electron chi connectivity index (χ3n) is 2.97. The molecule has 23 heavy (non-hydrogen) atoms. The number of benzene rings is 2. The summed E-state index contributed by atoms with van der Waals surface area (Å²) in [7, 11) is 0. The first-order valence-corrected chi connectivity index (χ1v) is 7.10. The number of ether oxygens (including phenoxy) is 1. The first-order chi connectivity index (χ1) is 11.1. The molecule has 0 fully saturated rings. The third-order valence-corrected chi connectivity index (χ3v) is 2.97. The van der Waals surface area contributed by atoms with Gasteiger partial charge in [0.05, 0.1) is 23.8 Å². The van der Waals surface area contributed by atoms with Crippen molar-refractivity contribution in [2.75, 3.05) is 23.8 Å². The lowest BCUT2D eigenvalue weighted by atomic mass is 10.2. The number of nitro groups is 1. The van der Waals surface area contributed by atoms with Gasteiger partial charge < -0.3 is 15.4 Å². The number of nitrogens with one attached hydrogen (secondary N) is 2. The minimum Gasteiger partial charge on any atom is -0.492 e. The standard InChI is InChI=1S/C16H17N3O4/c1-2-23-15-9-4-3-8-14(15)18-16(20)11-17-12-6-5-7-13(10-12)19(21)22/h3-10,17H,2,11H2,1H3,(H,18,20). The number of carbonyl (C=O) groups is 1. The molecule has 0 spiro atoms.